The average Bonchev–Trinajstić information content (AvgIpc) is 3.61. The summed E-state index contributed by atoms with van der Waals surface area (Å²) in [4.78, 5) is 39.9. The third-order valence-electron chi connectivity index (χ3n) is 6.39. The third kappa shape index (κ3) is 9.03. The predicted molar refractivity (Wildman–Crippen MR) is 177 cm³/mol. The molecule has 0 bridgehead atoms. The van der Waals surface area contributed by atoms with Crippen LogP contribution >= 0.6 is 46.4 Å². The molecule has 1 atom stereocenters. The quantitative estimate of drug-likeness (QED) is 0.190. The summed E-state index contributed by atoms with van der Waals surface area (Å²) in [6, 6.07) is 16.0. The van der Waals surface area contributed by atoms with Crippen LogP contribution in [0.2, 0.25) is 20.1 Å². The number of hydrazine groups is 3. The second-order valence-electron chi connectivity index (χ2n) is 9.89. The minimum Gasteiger partial charge on any atom is -0.461 e. The van der Waals surface area contributed by atoms with Crippen molar-refractivity contribution >= 4 is 87.1 Å². The molecule has 1 saturated heterocycles. The summed E-state index contributed by atoms with van der Waals surface area (Å²) in [7, 11) is 0. The predicted octanol–water partition coefficient (Wildman–Crippen LogP) is 6.01. The van der Waals surface area contributed by atoms with Gasteiger partial charge >= 0.3 is 5.97 Å². The van der Waals surface area contributed by atoms with Crippen LogP contribution < -0.4 is 32.1 Å². The highest BCUT2D eigenvalue weighted by Crippen LogP contribution is 2.38. The zero-order chi connectivity index (χ0) is 32.7. The largest absolute Gasteiger partial charge is 0.461 e. The molecule has 5 N–H and O–H groups in total. The molecule has 0 aliphatic carbocycles. The minimum absolute atomic E-state index is 0.220. The molecule has 11 nitrogen and oxygen atoms in total. The van der Waals surface area contributed by atoms with Crippen LogP contribution in [0, 0.1) is 12.8 Å². The number of halogens is 4. The molecule has 2 amide bonds. The van der Waals surface area contributed by atoms with Gasteiger partial charge < -0.3 is 15.5 Å². The fourth-order valence-corrected chi connectivity index (χ4v) is 5.22. The number of ether oxygens (including phenoxy) is 1. The van der Waals surface area contributed by atoms with E-state index in [1.54, 1.807) is 25.1 Å². The Hall–Kier alpha value is -4.00. The van der Waals surface area contributed by atoms with Gasteiger partial charge in [0.1, 0.15) is 11.5 Å². The number of aryl methyl sites for hydroxylation is 1. The number of hydrogen-bond donors (Lipinski definition) is 5. The van der Waals surface area contributed by atoms with Crippen LogP contribution in [0.4, 0.5) is 17.1 Å². The zero-order valence-electron chi connectivity index (χ0n) is 24.3. The Labute approximate surface area is 279 Å². The summed E-state index contributed by atoms with van der Waals surface area (Å²) in [6.07, 6.45) is 2.24. The van der Waals surface area contributed by atoms with Crippen LogP contribution in [0.5, 0.6) is 0 Å². The number of aliphatic imine (C=N–C) groups is 1. The van der Waals surface area contributed by atoms with Crippen molar-refractivity contribution in [2.45, 2.75) is 27.2 Å². The molecule has 45 heavy (non-hydrogen) atoms. The summed E-state index contributed by atoms with van der Waals surface area (Å²) in [5, 5.41) is 5.05. The van der Waals surface area contributed by atoms with Crippen LogP contribution in [-0.4, -0.2) is 30.2 Å². The maximum atomic E-state index is 12.7. The number of hydrogen-bond acceptors (Lipinski definition) is 8. The number of esters is 1. The average molecular weight is 693 g/mol. The van der Waals surface area contributed by atoms with Crippen molar-refractivity contribution in [3.8, 4) is 0 Å². The Morgan fingerprint density at radius 1 is 1.00 bits per heavy atom. The van der Waals surface area contributed by atoms with Crippen LogP contribution in [0.1, 0.15) is 25.0 Å². The Morgan fingerprint density at radius 3 is 2.31 bits per heavy atom. The van der Waals surface area contributed by atoms with E-state index in [0.29, 0.717) is 39.6 Å². The summed E-state index contributed by atoms with van der Waals surface area (Å²) in [5.74, 6) is -1.12. The lowest BCUT2D eigenvalue weighted by Crippen LogP contribution is -2.36. The number of nitrogens with zero attached hydrogens (tertiary/aromatic N) is 2. The zero-order valence-corrected chi connectivity index (χ0v) is 27.3. The van der Waals surface area contributed by atoms with Crippen LogP contribution in [-0.2, 0) is 25.5 Å². The van der Waals surface area contributed by atoms with Gasteiger partial charge in [-0.2, -0.15) is 5.53 Å². The summed E-state index contributed by atoms with van der Waals surface area (Å²) >= 11 is 24.6. The van der Waals surface area contributed by atoms with Gasteiger partial charge in [-0.3, -0.25) is 20.4 Å². The molecule has 3 aromatic carbocycles. The molecule has 236 valence electrons. The first kappa shape index (κ1) is 33.9. The third-order valence-corrected chi connectivity index (χ3v) is 7.50. The van der Waals surface area contributed by atoms with E-state index in [9.17, 15) is 14.4 Å². The number of carbonyl (C=O) groups is 3. The normalized spacial score (nSPS) is 16.2. The molecule has 2 aliphatic rings. The lowest BCUT2D eigenvalue weighted by molar-refractivity contribution is -0.139. The molecular weight excluding hydrogens is 664 g/mol. The van der Waals surface area contributed by atoms with E-state index < -0.39 is 5.92 Å². The van der Waals surface area contributed by atoms with E-state index in [-0.39, 0.29) is 33.5 Å². The van der Waals surface area contributed by atoms with Gasteiger partial charge in [0.2, 0.25) is 5.91 Å². The number of nitrogens with one attached hydrogen (secondary N) is 5. The Morgan fingerprint density at radius 2 is 1.69 bits per heavy atom. The first-order valence-corrected chi connectivity index (χ1v) is 15.0. The molecule has 1 fully saturated rings. The number of anilines is 2. The molecule has 0 aromatic heterocycles. The van der Waals surface area contributed by atoms with E-state index in [4.69, 9.17) is 51.1 Å². The topological polar surface area (TPSA) is 136 Å². The van der Waals surface area contributed by atoms with Gasteiger partial charge in [0, 0.05) is 30.3 Å². The van der Waals surface area contributed by atoms with Gasteiger partial charge in [-0.1, -0.05) is 76.2 Å². The van der Waals surface area contributed by atoms with Crippen molar-refractivity contribution < 1.29 is 19.1 Å². The smallest absolute Gasteiger partial charge is 0.357 e. The monoisotopic (exact) mass is 691 g/mol. The molecule has 15 heteroatoms. The van der Waals surface area contributed by atoms with E-state index in [1.807, 2.05) is 31.2 Å². The van der Waals surface area contributed by atoms with Crippen molar-refractivity contribution in [1.82, 2.24) is 21.8 Å². The lowest BCUT2D eigenvalue weighted by Gasteiger charge is -2.19. The molecule has 2 aliphatic heterocycles. The molecule has 0 spiro atoms. The Balaban J connectivity index is 0.000000231. The van der Waals surface area contributed by atoms with Crippen molar-refractivity contribution in [2.24, 2.45) is 10.9 Å². The van der Waals surface area contributed by atoms with Crippen molar-refractivity contribution in [3.05, 3.63) is 97.7 Å². The molecule has 0 radical (unpaired) electrons. The fraction of sp³-hybridized carbons (Fsp3) is 0.200. The molecule has 0 saturated carbocycles. The standard InChI is InChI=1S/C18H14Cl4N4O2.C12H15N3O2/c1-8-17(24-15-7-11(23-9(2)27)3-4-12(15)20)25-26(18(8)28)16-13(21)5-10(19)6-14(16)22;1-9-2-4-10(5-3-9)6-7-17-12(16)11-8-13-15-14-11/h3-8H,1-2H3,(H,23,27)(H,24,25);2-5,8,13-15H,6-7H2,1H3. The maximum Gasteiger partial charge on any atom is 0.357 e. The van der Waals surface area contributed by atoms with E-state index in [1.165, 1.54) is 35.8 Å². The van der Waals surface area contributed by atoms with Gasteiger partial charge in [-0.15, -0.1) is 0 Å². The summed E-state index contributed by atoms with van der Waals surface area (Å²) in [6.45, 7) is 5.51. The lowest BCUT2D eigenvalue weighted by atomic mass is 10.1. The Bertz CT molecular complexity index is 1640. The Kier molecular flexibility index (Phi) is 11.5. The number of carbonyl (C=O) groups excluding carboxylic acids is 3. The van der Waals surface area contributed by atoms with Gasteiger partial charge in [-0.05, 0) is 49.7 Å². The van der Waals surface area contributed by atoms with Crippen molar-refractivity contribution in [1.29, 1.82) is 0 Å². The van der Waals surface area contributed by atoms with Gasteiger partial charge in [0.05, 0.1) is 33.3 Å². The highest BCUT2D eigenvalue weighted by atomic mass is 35.5. The van der Waals surface area contributed by atoms with Crippen molar-refractivity contribution in [2.75, 3.05) is 16.9 Å². The summed E-state index contributed by atoms with van der Waals surface area (Å²) < 4.78 is 5.11. The van der Waals surface area contributed by atoms with Gasteiger partial charge in [0.25, 0.3) is 5.91 Å². The number of amidine groups is 1. The first-order valence-electron chi connectivity index (χ1n) is 13.5. The number of benzene rings is 3. The highest BCUT2D eigenvalue weighted by molar-refractivity contribution is 6.43. The van der Waals surface area contributed by atoms with E-state index in [2.05, 4.69) is 32.1 Å². The van der Waals surface area contributed by atoms with E-state index >= 15 is 0 Å². The number of rotatable bonds is 7. The SMILES string of the molecule is CC(=O)Nc1ccc(Cl)c(N=C2NN(c3c(Cl)cc(Cl)cc3Cl)C(=O)C2C)c1.Cc1ccc(CCOC(=O)C2=CNNN2)cc1. The molecule has 3 aromatic rings. The van der Waals surface area contributed by atoms with E-state index in [0.717, 1.165) is 12.0 Å². The first-order chi connectivity index (χ1) is 21.4. The highest BCUT2D eigenvalue weighted by Gasteiger charge is 2.37. The number of amides is 2. The second-order valence-corrected chi connectivity index (χ2v) is 11.6. The fourth-order valence-electron chi connectivity index (χ4n) is 4.07. The van der Waals surface area contributed by atoms with Crippen LogP contribution in [0.3, 0.4) is 0 Å². The molecule has 2 heterocycles. The van der Waals surface area contributed by atoms with Crippen LogP contribution in [0.25, 0.3) is 0 Å². The van der Waals surface area contributed by atoms with Crippen molar-refractivity contribution in [3.63, 3.8) is 0 Å². The molecule has 5 rings (SSSR count). The molecular formula is C30H29Cl4N7O4. The van der Waals surface area contributed by atoms with Crippen LogP contribution in [0.15, 0.2) is 71.5 Å². The van der Waals surface area contributed by atoms with Gasteiger partial charge in [0.15, 0.2) is 5.70 Å². The second kappa shape index (κ2) is 15.3. The summed E-state index contributed by atoms with van der Waals surface area (Å²) in [5.41, 5.74) is 14.8. The maximum absolute atomic E-state index is 12.7. The minimum atomic E-state index is -0.594. The van der Waals surface area contributed by atoms with Gasteiger partial charge in [-0.25, -0.2) is 14.8 Å². The molecule has 1 unspecified atom stereocenters.